The van der Waals surface area contributed by atoms with Crippen LogP contribution in [-0.4, -0.2) is 32.1 Å². The van der Waals surface area contributed by atoms with Gasteiger partial charge in [0.05, 0.1) is 7.11 Å². The highest BCUT2D eigenvalue weighted by Crippen LogP contribution is 2.30. The summed E-state index contributed by atoms with van der Waals surface area (Å²) in [6.07, 6.45) is -0.299. The molecule has 1 aliphatic rings. The van der Waals surface area contributed by atoms with Gasteiger partial charge in [0.1, 0.15) is 5.92 Å². The summed E-state index contributed by atoms with van der Waals surface area (Å²) in [7, 11) is 1.12. The second-order valence-electron chi connectivity index (χ2n) is 2.79. The maximum absolute atomic E-state index is 13.0. The molecule has 0 amide bonds. The van der Waals surface area contributed by atoms with E-state index in [2.05, 4.69) is 10.1 Å². The summed E-state index contributed by atoms with van der Waals surface area (Å²) >= 11 is 0. The lowest BCUT2D eigenvalue weighted by Crippen LogP contribution is -2.48. The largest absolute Gasteiger partial charge is 0.469 e. The Labute approximate surface area is 81.2 Å². The van der Waals surface area contributed by atoms with Crippen LogP contribution in [-0.2, 0) is 9.53 Å². The summed E-state index contributed by atoms with van der Waals surface area (Å²) < 4.78 is 30.2. The topological polar surface area (TPSA) is 38.3 Å². The maximum atomic E-state index is 13.0. The molecule has 0 saturated carbocycles. The Morgan fingerprint density at radius 1 is 1.62 bits per heavy atom. The van der Waals surface area contributed by atoms with Gasteiger partial charge in [-0.1, -0.05) is 0 Å². The first-order valence-corrected chi connectivity index (χ1v) is 3.74. The van der Waals surface area contributed by atoms with E-state index < -0.39 is 17.8 Å². The standard InChI is InChI=1S/C7H11F2NO2.ClH/c1-12-6(11)5-4-10-3-2-7(5,8)9;/h5,10H,2-4H2,1H3;1H. The molecule has 0 bridgehead atoms. The predicted molar refractivity (Wildman–Crippen MR) is 45.2 cm³/mol. The molecule has 1 unspecified atom stereocenters. The van der Waals surface area contributed by atoms with Gasteiger partial charge >= 0.3 is 5.97 Å². The van der Waals surface area contributed by atoms with Crippen LogP contribution in [0, 0.1) is 5.92 Å². The zero-order valence-corrected chi connectivity index (χ0v) is 8.00. The van der Waals surface area contributed by atoms with E-state index in [9.17, 15) is 13.6 Å². The van der Waals surface area contributed by atoms with Crippen LogP contribution in [0.4, 0.5) is 8.78 Å². The normalized spacial score (nSPS) is 25.9. The van der Waals surface area contributed by atoms with Crippen molar-refractivity contribution in [3.8, 4) is 0 Å². The average Bonchev–Trinajstić information content (AvgIpc) is 2.02. The quantitative estimate of drug-likeness (QED) is 0.659. The van der Waals surface area contributed by atoms with Crippen molar-refractivity contribution in [3.63, 3.8) is 0 Å². The maximum Gasteiger partial charge on any atom is 0.316 e. The fourth-order valence-corrected chi connectivity index (χ4v) is 1.22. The molecular weight excluding hydrogens is 204 g/mol. The van der Waals surface area contributed by atoms with Gasteiger partial charge in [0.2, 0.25) is 0 Å². The van der Waals surface area contributed by atoms with Crippen LogP contribution >= 0.6 is 12.4 Å². The summed E-state index contributed by atoms with van der Waals surface area (Å²) in [5.41, 5.74) is 0. The van der Waals surface area contributed by atoms with Gasteiger partial charge in [0, 0.05) is 19.5 Å². The molecule has 0 radical (unpaired) electrons. The number of carbonyl (C=O) groups excluding carboxylic acids is 1. The number of esters is 1. The summed E-state index contributed by atoms with van der Waals surface area (Å²) in [6.45, 7) is 0.250. The molecule has 0 spiro atoms. The predicted octanol–water partition coefficient (Wildman–Crippen LogP) is 0.826. The van der Waals surface area contributed by atoms with Crippen molar-refractivity contribution in [3.05, 3.63) is 0 Å². The van der Waals surface area contributed by atoms with Crippen LogP contribution in [0.3, 0.4) is 0 Å². The Morgan fingerprint density at radius 2 is 2.23 bits per heavy atom. The smallest absolute Gasteiger partial charge is 0.316 e. The van der Waals surface area contributed by atoms with Gasteiger partial charge in [-0.2, -0.15) is 0 Å². The molecule has 0 aromatic heterocycles. The molecule has 0 aliphatic carbocycles. The second kappa shape index (κ2) is 4.72. The van der Waals surface area contributed by atoms with Gasteiger partial charge in [0.15, 0.2) is 0 Å². The molecule has 1 aliphatic heterocycles. The molecule has 1 fully saturated rings. The van der Waals surface area contributed by atoms with E-state index in [4.69, 9.17) is 0 Å². The van der Waals surface area contributed by atoms with E-state index in [0.717, 1.165) is 7.11 Å². The minimum absolute atomic E-state index is 0. The van der Waals surface area contributed by atoms with Crippen molar-refractivity contribution in [1.82, 2.24) is 5.32 Å². The van der Waals surface area contributed by atoms with Gasteiger partial charge in [-0.3, -0.25) is 4.79 Å². The Balaban J connectivity index is 0.00000144. The molecule has 6 heteroatoms. The summed E-state index contributed by atoms with van der Waals surface area (Å²) in [5, 5.41) is 2.72. The molecule has 13 heavy (non-hydrogen) atoms. The number of ether oxygens (including phenoxy) is 1. The fourth-order valence-electron chi connectivity index (χ4n) is 1.22. The zero-order valence-electron chi connectivity index (χ0n) is 7.18. The minimum Gasteiger partial charge on any atom is -0.469 e. The highest BCUT2D eigenvalue weighted by Gasteiger charge is 2.46. The lowest BCUT2D eigenvalue weighted by Gasteiger charge is -2.29. The first-order valence-electron chi connectivity index (χ1n) is 3.74. The fraction of sp³-hybridized carbons (Fsp3) is 0.857. The molecule has 0 aromatic rings. The van der Waals surface area contributed by atoms with Crippen LogP contribution in [0.25, 0.3) is 0 Å². The van der Waals surface area contributed by atoms with Crippen LogP contribution < -0.4 is 5.32 Å². The molecule has 1 atom stereocenters. The van der Waals surface area contributed by atoms with Crippen molar-refractivity contribution in [2.24, 2.45) is 5.92 Å². The lowest BCUT2D eigenvalue weighted by molar-refractivity contribution is -0.163. The summed E-state index contributed by atoms with van der Waals surface area (Å²) in [5.74, 6) is -5.08. The highest BCUT2D eigenvalue weighted by molar-refractivity contribution is 5.85. The van der Waals surface area contributed by atoms with Crippen molar-refractivity contribution in [1.29, 1.82) is 0 Å². The highest BCUT2D eigenvalue weighted by atomic mass is 35.5. The average molecular weight is 216 g/mol. The molecular formula is C7H12ClF2NO2. The minimum atomic E-state index is -2.92. The van der Waals surface area contributed by atoms with Gasteiger partial charge in [-0.15, -0.1) is 12.4 Å². The summed E-state index contributed by atoms with van der Waals surface area (Å²) in [4.78, 5) is 10.8. The SMILES string of the molecule is COC(=O)C1CNCCC1(F)F.Cl. The second-order valence-corrected chi connectivity index (χ2v) is 2.79. The molecule has 0 aromatic carbocycles. The van der Waals surface area contributed by atoms with E-state index in [1.807, 2.05) is 0 Å². The number of piperidine rings is 1. The van der Waals surface area contributed by atoms with Crippen LogP contribution in [0.2, 0.25) is 0 Å². The number of methoxy groups -OCH3 is 1. The van der Waals surface area contributed by atoms with E-state index in [1.165, 1.54) is 0 Å². The van der Waals surface area contributed by atoms with E-state index in [0.29, 0.717) is 0 Å². The third-order valence-corrected chi connectivity index (χ3v) is 1.98. The first kappa shape index (κ1) is 12.6. The Hall–Kier alpha value is -0.420. The first-order chi connectivity index (χ1) is 5.58. The van der Waals surface area contributed by atoms with Gasteiger partial charge in [-0.25, -0.2) is 8.78 Å². The molecule has 1 saturated heterocycles. The third kappa shape index (κ3) is 2.77. The van der Waals surface area contributed by atoms with Gasteiger partial charge in [-0.05, 0) is 0 Å². The molecule has 1 heterocycles. The number of rotatable bonds is 1. The van der Waals surface area contributed by atoms with Crippen LogP contribution in [0.1, 0.15) is 6.42 Å². The Morgan fingerprint density at radius 3 is 2.69 bits per heavy atom. The Kier molecular flexibility index (Phi) is 4.56. The van der Waals surface area contributed by atoms with Gasteiger partial charge in [0.25, 0.3) is 5.92 Å². The van der Waals surface area contributed by atoms with Crippen molar-refractivity contribution < 1.29 is 18.3 Å². The van der Waals surface area contributed by atoms with Crippen LogP contribution in [0.15, 0.2) is 0 Å². The number of nitrogens with one attached hydrogen (secondary N) is 1. The molecule has 78 valence electrons. The Bertz CT molecular complexity index is 189. The number of halogens is 3. The third-order valence-electron chi connectivity index (χ3n) is 1.98. The van der Waals surface area contributed by atoms with Crippen molar-refractivity contribution in [2.45, 2.75) is 12.3 Å². The number of hydrogen-bond acceptors (Lipinski definition) is 3. The van der Waals surface area contributed by atoms with Gasteiger partial charge < -0.3 is 10.1 Å². The molecule has 3 nitrogen and oxygen atoms in total. The molecule has 1 rings (SSSR count). The van der Waals surface area contributed by atoms with E-state index >= 15 is 0 Å². The monoisotopic (exact) mass is 215 g/mol. The summed E-state index contributed by atoms with van der Waals surface area (Å²) in [6, 6.07) is 0. The molecule has 1 N–H and O–H groups in total. The lowest BCUT2D eigenvalue weighted by atomic mass is 9.95. The van der Waals surface area contributed by atoms with E-state index in [1.54, 1.807) is 0 Å². The number of carbonyl (C=O) groups is 1. The van der Waals surface area contributed by atoms with Crippen molar-refractivity contribution >= 4 is 18.4 Å². The van der Waals surface area contributed by atoms with Crippen molar-refractivity contribution in [2.75, 3.05) is 20.2 Å². The number of hydrogen-bond donors (Lipinski definition) is 1. The van der Waals surface area contributed by atoms with E-state index in [-0.39, 0.29) is 31.9 Å². The zero-order chi connectivity index (χ0) is 9.19. The van der Waals surface area contributed by atoms with Crippen LogP contribution in [0.5, 0.6) is 0 Å². The number of alkyl halides is 2.